The lowest BCUT2D eigenvalue weighted by atomic mass is 10.1. The Morgan fingerprint density at radius 3 is 2.56 bits per heavy atom. The molecular weight excluding hydrogens is 410 g/mol. The highest BCUT2D eigenvalue weighted by molar-refractivity contribution is 5.94. The number of aromatic nitrogens is 4. The van der Waals surface area contributed by atoms with Gasteiger partial charge in [-0.1, -0.05) is 19.4 Å². The Morgan fingerprint density at radius 2 is 1.94 bits per heavy atom. The number of hydrogen-bond donors (Lipinski definition) is 0. The molecule has 0 bridgehead atoms. The summed E-state index contributed by atoms with van der Waals surface area (Å²) in [7, 11) is 4.91. The SMILES string of the molecule is CCCCN(C)C(=O)c1ccc(OCc2c(OC)cccc2-n2nnn(C)c2=O)c(C)c1. The van der Waals surface area contributed by atoms with Crippen LogP contribution in [0.4, 0.5) is 0 Å². The third kappa shape index (κ3) is 4.82. The van der Waals surface area contributed by atoms with E-state index in [0.29, 0.717) is 28.3 Å². The van der Waals surface area contributed by atoms with Crippen molar-refractivity contribution in [1.29, 1.82) is 0 Å². The van der Waals surface area contributed by atoms with Gasteiger partial charge in [0.2, 0.25) is 0 Å². The molecule has 0 unspecified atom stereocenters. The first-order chi connectivity index (χ1) is 15.4. The molecule has 0 fully saturated rings. The van der Waals surface area contributed by atoms with Crippen molar-refractivity contribution in [2.24, 2.45) is 7.05 Å². The number of hydrogen-bond acceptors (Lipinski definition) is 6. The van der Waals surface area contributed by atoms with Gasteiger partial charge >= 0.3 is 5.69 Å². The predicted molar refractivity (Wildman–Crippen MR) is 121 cm³/mol. The van der Waals surface area contributed by atoms with Crippen LogP contribution in [-0.2, 0) is 13.7 Å². The van der Waals surface area contributed by atoms with Crippen LogP contribution in [0.25, 0.3) is 5.69 Å². The number of amides is 1. The summed E-state index contributed by atoms with van der Waals surface area (Å²) in [6, 6.07) is 10.7. The Kier molecular flexibility index (Phi) is 7.29. The number of unbranched alkanes of at least 4 members (excludes halogenated alkanes) is 1. The van der Waals surface area contributed by atoms with Crippen LogP contribution < -0.4 is 15.2 Å². The Balaban J connectivity index is 1.83. The molecule has 0 saturated heterocycles. The minimum absolute atomic E-state index is 0.0119. The molecule has 0 N–H and O–H groups in total. The zero-order valence-corrected chi connectivity index (χ0v) is 19.2. The van der Waals surface area contributed by atoms with Crippen LogP contribution >= 0.6 is 0 Å². The third-order valence-electron chi connectivity index (χ3n) is 5.27. The standard InChI is InChI=1S/C23H29N5O4/c1-6-7-13-26(3)22(29)17-11-12-20(16(2)14-17)32-15-18-19(9-8-10-21(18)31-5)28-23(30)27(4)24-25-28/h8-12,14H,6-7,13,15H2,1-5H3. The second-order valence-electron chi connectivity index (χ2n) is 7.60. The molecule has 1 heterocycles. The highest BCUT2D eigenvalue weighted by atomic mass is 16.5. The number of carbonyl (C=O) groups is 1. The second-order valence-corrected chi connectivity index (χ2v) is 7.60. The average molecular weight is 440 g/mol. The normalized spacial score (nSPS) is 10.8. The van der Waals surface area contributed by atoms with Gasteiger partial charge in [-0.3, -0.25) is 4.79 Å². The van der Waals surface area contributed by atoms with Crippen molar-refractivity contribution in [1.82, 2.24) is 24.7 Å². The number of tetrazole rings is 1. The summed E-state index contributed by atoms with van der Waals surface area (Å²) in [5.74, 6) is 1.20. The minimum Gasteiger partial charge on any atom is -0.496 e. The molecule has 0 aliphatic rings. The molecule has 0 aliphatic heterocycles. The molecule has 0 spiro atoms. The quantitative estimate of drug-likeness (QED) is 0.509. The minimum atomic E-state index is -0.370. The molecular formula is C23H29N5O4. The van der Waals surface area contributed by atoms with Crippen molar-refractivity contribution in [3.8, 4) is 17.2 Å². The van der Waals surface area contributed by atoms with Crippen molar-refractivity contribution in [3.63, 3.8) is 0 Å². The molecule has 3 aromatic rings. The van der Waals surface area contributed by atoms with Gasteiger partial charge in [0, 0.05) is 26.2 Å². The molecule has 0 saturated carbocycles. The monoisotopic (exact) mass is 439 g/mol. The molecule has 170 valence electrons. The van der Waals surface area contributed by atoms with Crippen molar-refractivity contribution in [3.05, 3.63) is 63.6 Å². The van der Waals surface area contributed by atoms with Gasteiger partial charge in [-0.15, -0.1) is 0 Å². The van der Waals surface area contributed by atoms with Crippen LogP contribution in [0.3, 0.4) is 0 Å². The summed E-state index contributed by atoms with van der Waals surface area (Å²) >= 11 is 0. The molecule has 0 radical (unpaired) electrons. The molecule has 9 heteroatoms. The first-order valence-electron chi connectivity index (χ1n) is 10.5. The van der Waals surface area contributed by atoms with Crippen LogP contribution in [0, 0.1) is 6.92 Å². The van der Waals surface area contributed by atoms with Crippen LogP contribution in [0.1, 0.15) is 41.3 Å². The topological polar surface area (TPSA) is 91.5 Å². The summed E-state index contributed by atoms with van der Waals surface area (Å²) in [5.41, 5.74) is 2.29. The van der Waals surface area contributed by atoms with E-state index < -0.39 is 0 Å². The van der Waals surface area contributed by atoms with E-state index in [-0.39, 0.29) is 18.2 Å². The third-order valence-corrected chi connectivity index (χ3v) is 5.27. The van der Waals surface area contributed by atoms with E-state index in [1.165, 1.54) is 11.7 Å². The van der Waals surface area contributed by atoms with Gasteiger partial charge in [-0.05, 0) is 59.7 Å². The number of benzene rings is 2. The zero-order chi connectivity index (χ0) is 23.3. The predicted octanol–water partition coefficient (Wildman–Crippen LogP) is 2.73. The molecule has 2 aromatic carbocycles. The molecule has 32 heavy (non-hydrogen) atoms. The van der Waals surface area contributed by atoms with E-state index in [1.54, 1.807) is 42.3 Å². The van der Waals surface area contributed by atoms with Crippen LogP contribution in [-0.4, -0.2) is 51.3 Å². The van der Waals surface area contributed by atoms with E-state index in [9.17, 15) is 9.59 Å². The first kappa shape index (κ1) is 23.1. The van der Waals surface area contributed by atoms with E-state index in [0.717, 1.165) is 29.6 Å². The Morgan fingerprint density at radius 1 is 1.16 bits per heavy atom. The van der Waals surface area contributed by atoms with Gasteiger partial charge in [0.1, 0.15) is 18.1 Å². The fourth-order valence-corrected chi connectivity index (χ4v) is 3.37. The maximum absolute atomic E-state index is 12.6. The lowest BCUT2D eigenvalue weighted by molar-refractivity contribution is 0.0793. The molecule has 3 rings (SSSR count). The highest BCUT2D eigenvalue weighted by Crippen LogP contribution is 2.27. The lowest BCUT2D eigenvalue weighted by Gasteiger charge is -2.18. The Labute approximate surface area is 187 Å². The van der Waals surface area contributed by atoms with Gasteiger partial charge in [0.15, 0.2) is 0 Å². The van der Waals surface area contributed by atoms with Crippen LogP contribution in [0.15, 0.2) is 41.2 Å². The molecule has 1 aromatic heterocycles. The maximum atomic E-state index is 12.6. The smallest absolute Gasteiger partial charge is 0.368 e. The Hall–Kier alpha value is -3.62. The number of rotatable bonds is 9. The largest absolute Gasteiger partial charge is 0.496 e. The van der Waals surface area contributed by atoms with Crippen molar-refractivity contribution in [2.45, 2.75) is 33.3 Å². The molecule has 0 atom stereocenters. The number of carbonyl (C=O) groups excluding carboxylic acids is 1. The van der Waals surface area contributed by atoms with Gasteiger partial charge in [0.25, 0.3) is 5.91 Å². The number of methoxy groups -OCH3 is 1. The number of aryl methyl sites for hydroxylation is 2. The average Bonchev–Trinajstić information content (AvgIpc) is 3.13. The fourth-order valence-electron chi connectivity index (χ4n) is 3.37. The summed E-state index contributed by atoms with van der Waals surface area (Å²) < 4.78 is 13.9. The highest BCUT2D eigenvalue weighted by Gasteiger charge is 2.17. The number of nitrogens with zero attached hydrogens (tertiary/aromatic N) is 5. The lowest BCUT2D eigenvalue weighted by Crippen LogP contribution is -2.27. The van der Waals surface area contributed by atoms with Crippen molar-refractivity contribution in [2.75, 3.05) is 20.7 Å². The van der Waals surface area contributed by atoms with Crippen LogP contribution in [0.5, 0.6) is 11.5 Å². The van der Waals surface area contributed by atoms with Gasteiger partial charge in [-0.2, -0.15) is 9.36 Å². The van der Waals surface area contributed by atoms with E-state index >= 15 is 0 Å². The maximum Gasteiger partial charge on any atom is 0.368 e. The van der Waals surface area contributed by atoms with E-state index in [1.807, 2.05) is 20.0 Å². The second kappa shape index (κ2) is 10.1. The summed E-state index contributed by atoms with van der Waals surface area (Å²) in [6.07, 6.45) is 2.01. The first-order valence-corrected chi connectivity index (χ1v) is 10.5. The van der Waals surface area contributed by atoms with Crippen molar-refractivity contribution < 1.29 is 14.3 Å². The molecule has 1 amide bonds. The zero-order valence-electron chi connectivity index (χ0n) is 19.2. The van der Waals surface area contributed by atoms with E-state index in [4.69, 9.17) is 9.47 Å². The molecule has 9 nitrogen and oxygen atoms in total. The Bertz CT molecular complexity index is 1150. The van der Waals surface area contributed by atoms with E-state index in [2.05, 4.69) is 17.4 Å². The van der Waals surface area contributed by atoms with Gasteiger partial charge in [0.05, 0.1) is 18.4 Å². The molecule has 0 aliphatic carbocycles. The fraction of sp³-hybridized carbons (Fsp3) is 0.391. The summed E-state index contributed by atoms with van der Waals surface area (Å²) in [4.78, 5) is 26.7. The summed E-state index contributed by atoms with van der Waals surface area (Å²) in [6.45, 7) is 4.87. The van der Waals surface area contributed by atoms with Gasteiger partial charge < -0.3 is 14.4 Å². The summed E-state index contributed by atoms with van der Waals surface area (Å²) in [5, 5.41) is 7.71. The van der Waals surface area contributed by atoms with Crippen LogP contribution in [0.2, 0.25) is 0 Å². The van der Waals surface area contributed by atoms with Crippen molar-refractivity contribution >= 4 is 5.91 Å². The number of ether oxygens (including phenoxy) is 2. The van der Waals surface area contributed by atoms with Gasteiger partial charge in [-0.25, -0.2) is 4.79 Å².